The lowest BCUT2D eigenvalue weighted by Crippen LogP contribution is -2.02. The zero-order chi connectivity index (χ0) is 12.5. The van der Waals surface area contributed by atoms with Crippen molar-refractivity contribution in [2.75, 3.05) is 0 Å². The van der Waals surface area contributed by atoms with Gasteiger partial charge in [0.1, 0.15) is 0 Å². The molecule has 17 heavy (non-hydrogen) atoms. The Morgan fingerprint density at radius 2 is 1.18 bits per heavy atom. The monoisotopic (exact) mass is 246 g/mol. The van der Waals surface area contributed by atoms with E-state index in [9.17, 15) is 8.42 Å². The molecule has 0 fully saturated rings. The van der Waals surface area contributed by atoms with Gasteiger partial charge in [-0.15, -0.1) is 0 Å². The molecule has 0 aliphatic heterocycles. The summed E-state index contributed by atoms with van der Waals surface area (Å²) in [6.07, 6.45) is 0. The van der Waals surface area contributed by atoms with Crippen LogP contribution in [0.25, 0.3) is 0 Å². The lowest BCUT2D eigenvalue weighted by molar-refractivity contribution is 0.596. The van der Waals surface area contributed by atoms with Crippen LogP contribution in [0.5, 0.6) is 0 Å². The number of rotatable bonds is 2. The summed E-state index contributed by atoms with van der Waals surface area (Å²) in [6.45, 7) is 3.77. The van der Waals surface area contributed by atoms with Gasteiger partial charge in [-0.2, -0.15) is 0 Å². The molecule has 0 radical (unpaired) electrons. The quantitative estimate of drug-likeness (QED) is 0.815. The molecule has 2 nitrogen and oxygen atoms in total. The maximum absolute atomic E-state index is 12.3. The van der Waals surface area contributed by atoms with Gasteiger partial charge >= 0.3 is 0 Å². The summed E-state index contributed by atoms with van der Waals surface area (Å²) < 4.78 is 24.7. The van der Waals surface area contributed by atoms with Crippen LogP contribution in [-0.4, -0.2) is 8.42 Å². The summed E-state index contributed by atoms with van der Waals surface area (Å²) in [5.74, 6) is 0. The summed E-state index contributed by atoms with van der Waals surface area (Å²) in [6, 6.07) is 13.9. The first-order chi connectivity index (χ1) is 8.00. The fourth-order valence-corrected chi connectivity index (χ4v) is 3.17. The van der Waals surface area contributed by atoms with Gasteiger partial charge in [-0.05, 0) is 49.2 Å². The standard InChI is InChI=1S/C14H14O2S/c1-11-5-3-7-13(9-11)17(15,16)14-8-4-6-12(2)10-14/h3-10H,1-2H3. The molecule has 0 N–H and O–H groups in total. The molecule has 0 bridgehead atoms. The van der Waals surface area contributed by atoms with E-state index in [-0.39, 0.29) is 0 Å². The van der Waals surface area contributed by atoms with Crippen LogP contribution in [0.2, 0.25) is 0 Å². The Bertz CT molecular complexity index is 591. The lowest BCUT2D eigenvalue weighted by Gasteiger charge is -2.06. The smallest absolute Gasteiger partial charge is 0.206 e. The molecule has 0 spiro atoms. The van der Waals surface area contributed by atoms with Gasteiger partial charge in [0, 0.05) is 0 Å². The van der Waals surface area contributed by atoms with Gasteiger partial charge in [0.05, 0.1) is 9.79 Å². The Kier molecular flexibility index (Phi) is 3.03. The van der Waals surface area contributed by atoms with E-state index in [0.29, 0.717) is 9.79 Å². The Morgan fingerprint density at radius 3 is 1.53 bits per heavy atom. The minimum atomic E-state index is -3.38. The first-order valence-corrected chi connectivity index (χ1v) is 6.87. The third kappa shape index (κ3) is 2.39. The van der Waals surface area contributed by atoms with Gasteiger partial charge in [-0.25, -0.2) is 8.42 Å². The summed E-state index contributed by atoms with van der Waals surface area (Å²) in [7, 11) is -3.38. The third-order valence-corrected chi connectivity index (χ3v) is 4.35. The first kappa shape index (κ1) is 11.9. The topological polar surface area (TPSA) is 34.1 Å². The number of benzene rings is 2. The maximum atomic E-state index is 12.3. The molecular weight excluding hydrogens is 232 g/mol. The maximum Gasteiger partial charge on any atom is 0.206 e. The fourth-order valence-electron chi connectivity index (χ4n) is 1.70. The zero-order valence-corrected chi connectivity index (χ0v) is 10.7. The van der Waals surface area contributed by atoms with Crippen molar-refractivity contribution in [2.24, 2.45) is 0 Å². The molecule has 0 atom stereocenters. The summed E-state index contributed by atoms with van der Waals surface area (Å²) >= 11 is 0. The molecule has 0 saturated carbocycles. The van der Waals surface area contributed by atoms with Gasteiger partial charge in [0.2, 0.25) is 9.84 Å². The van der Waals surface area contributed by atoms with Crippen molar-refractivity contribution in [3.05, 3.63) is 59.7 Å². The van der Waals surface area contributed by atoms with Crippen LogP contribution >= 0.6 is 0 Å². The molecule has 2 rings (SSSR count). The Hall–Kier alpha value is -1.61. The van der Waals surface area contributed by atoms with E-state index < -0.39 is 9.84 Å². The van der Waals surface area contributed by atoms with E-state index >= 15 is 0 Å². The highest BCUT2D eigenvalue weighted by atomic mass is 32.2. The van der Waals surface area contributed by atoms with Crippen molar-refractivity contribution in [1.82, 2.24) is 0 Å². The SMILES string of the molecule is Cc1cccc(S(=O)(=O)c2cccc(C)c2)c1. The highest BCUT2D eigenvalue weighted by molar-refractivity contribution is 7.91. The van der Waals surface area contributed by atoms with Gasteiger partial charge in [-0.3, -0.25) is 0 Å². The van der Waals surface area contributed by atoms with E-state index in [0.717, 1.165) is 11.1 Å². The van der Waals surface area contributed by atoms with Gasteiger partial charge in [0.15, 0.2) is 0 Å². The molecule has 0 saturated heterocycles. The molecule has 0 aromatic heterocycles. The average molecular weight is 246 g/mol. The first-order valence-electron chi connectivity index (χ1n) is 5.38. The van der Waals surface area contributed by atoms with Crippen LogP contribution in [0, 0.1) is 13.8 Å². The molecule has 0 unspecified atom stereocenters. The van der Waals surface area contributed by atoms with Crippen LogP contribution in [0.15, 0.2) is 58.3 Å². The highest BCUT2D eigenvalue weighted by Crippen LogP contribution is 2.21. The van der Waals surface area contributed by atoms with Crippen molar-refractivity contribution >= 4 is 9.84 Å². The molecule has 0 aliphatic rings. The Morgan fingerprint density at radius 1 is 0.765 bits per heavy atom. The predicted molar refractivity (Wildman–Crippen MR) is 67.8 cm³/mol. The number of hydrogen-bond acceptors (Lipinski definition) is 2. The molecule has 0 aliphatic carbocycles. The zero-order valence-electron chi connectivity index (χ0n) is 9.84. The Balaban J connectivity index is 2.58. The van der Waals surface area contributed by atoms with Crippen LogP contribution < -0.4 is 0 Å². The highest BCUT2D eigenvalue weighted by Gasteiger charge is 2.17. The van der Waals surface area contributed by atoms with Gasteiger partial charge < -0.3 is 0 Å². The van der Waals surface area contributed by atoms with Gasteiger partial charge in [-0.1, -0.05) is 24.3 Å². The second kappa shape index (κ2) is 4.34. The van der Waals surface area contributed by atoms with Crippen molar-refractivity contribution in [2.45, 2.75) is 23.6 Å². The summed E-state index contributed by atoms with van der Waals surface area (Å²) in [5.41, 5.74) is 1.89. The lowest BCUT2D eigenvalue weighted by atomic mass is 10.2. The molecule has 2 aromatic carbocycles. The Labute approximate surface area is 102 Å². The average Bonchev–Trinajstić information content (AvgIpc) is 2.29. The van der Waals surface area contributed by atoms with Crippen LogP contribution in [-0.2, 0) is 9.84 Å². The van der Waals surface area contributed by atoms with Crippen molar-refractivity contribution in [1.29, 1.82) is 0 Å². The normalized spacial score (nSPS) is 11.4. The second-order valence-electron chi connectivity index (χ2n) is 4.14. The van der Waals surface area contributed by atoms with Crippen molar-refractivity contribution in [3.8, 4) is 0 Å². The van der Waals surface area contributed by atoms with Crippen LogP contribution in [0.4, 0.5) is 0 Å². The minimum absolute atomic E-state index is 0.350. The van der Waals surface area contributed by atoms with E-state index in [1.54, 1.807) is 36.4 Å². The molecule has 88 valence electrons. The van der Waals surface area contributed by atoms with E-state index in [1.165, 1.54) is 0 Å². The van der Waals surface area contributed by atoms with E-state index in [4.69, 9.17) is 0 Å². The third-order valence-electron chi connectivity index (χ3n) is 2.60. The largest absolute Gasteiger partial charge is 0.219 e. The minimum Gasteiger partial charge on any atom is -0.219 e. The molecule has 0 heterocycles. The molecule has 3 heteroatoms. The second-order valence-corrected chi connectivity index (χ2v) is 6.09. The fraction of sp³-hybridized carbons (Fsp3) is 0.143. The molecule has 2 aromatic rings. The number of hydrogen-bond donors (Lipinski definition) is 0. The van der Waals surface area contributed by atoms with Crippen molar-refractivity contribution < 1.29 is 8.42 Å². The summed E-state index contributed by atoms with van der Waals surface area (Å²) in [4.78, 5) is 0.700. The summed E-state index contributed by atoms with van der Waals surface area (Å²) in [5, 5.41) is 0. The van der Waals surface area contributed by atoms with E-state index in [2.05, 4.69) is 0 Å². The van der Waals surface area contributed by atoms with Gasteiger partial charge in [0.25, 0.3) is 0 Å². The number of aryl methyl sites for hydroxylation is 2. The molecule has 0 amide bonds. The number of sulfone groups is 1. The van der Waals surface area contributed by atoms with Crippen LogP contribution in [0.3, 0.4) is 0 Å². The molecular formula is C14H14O2S. The predicted octanol–water partition coefficient (Wildman–Crippen LogP) is 3.14. The van der Waals surface area contributed by atoms with Crippen LogP contribution in [0.1, 0.15) is 11.1 Å². The van der Waals surface area contributed by atoms with E-state index in [1.807, 2.05) is 26.0 Å². The van der Waals surface area contributed by atoms with Crippen molar-refractivity contribution in [3.63, 3.8) is 0 Å².